The van der Waals surface area contributed by atoms with Gasteiger partial charge in [-0.3, -0.25) is 4.79 Å². The van der Waals surface area contributed by atoms with Crippen molar-refractivity contribution >= 4 is 12.1 Å². The molecule has 1 aliphatic rings. The fourth-order valence-corrected chi connectivity index (χ4v) is 0.247. The van der Waals surface area contributed by atoms with E-state index in [1.165, 1.54) is 12.2 Å². The van der Waals surface area contributed by atoms with Crippen molar-refractivity contribution in [2.75, 3.05) is 0 Å². The standard InChI is InChI=1S/C4H2NO/c6-4-2-1-3-5-4/h1-2H. The Morgan fingerprint density at radius 1 is 1.83 bits per heavy atom. The number of aliphatic imine (C=N–C) groups is 1. The van der Waals surface area contributed by atoms with E-state index in [4.69, 9.17) is 0 Å². The molecular formula is C4H2NO. The summed E-state index contributed by atoms with van der Waals surface area (Å²) in [5.41, 5.74) is 0. The van der Waals surface area contributed by atoms with Crippen LogP contribution in [-0.4, -0.2) is 12.1 Å². The molecule has 0 aromatic carbocycles. The molecule has 0 saturated carbocycles. The lowest BCUT2D eigenvalue weighted by Crippen LogP contribution is -1.75. The van der Waals surface area contributed by atoms with Gasteiger partial charge in [-0.25, -0.2) is 4.99 Å². The number of allylic oxidation sites excluding steroid dienone is 1. The summed E-state index contributed by atoms with van der Waals surface area (Å²) in [6.45, 7) is 0. The highest BCUT2D eigenvalue weighted by Gasteiger charge is 1.91. The Balaban J connectivity index is 2.86. The van der Waals surface area contributed by atoms with E-state index in [0.29, 0.717) is 0 Å². The second kappa shape index (κ2) is 1.05. The predicted molar refractivity (Wildman–Crippen MR) is 21.6 cm³/mol. The van der Waals surface area contributed by atoms with Crippen molar-refractivity contribution in [1.82, 2.24) is 0 Å². The Hall–Kier alpha value is -0.920. The van der Waals surface area contributed by atoms with Crippen LogP contribution in [0.3, 0.4) is 0 Å². The Morgan fingerprint density at radius 3 is 2.83 bits per heavy atom. The highest BCUT2D eigenvalue weighted by atomic mass is 16.1. The van der Waals surface area contributed by atoms with Crippen LogP contribution in [0.4, 0.5) is 0 Å². The fraction of sp³-hybridized carbons (Fsp3) is 0. The van der Waals surface area contributed by atoms with Gasteiger partial charge < -0.3 is 0 Å². The topological polar surface area (TPSA) is 29.4 Å². The van der Waals surface area contributed by atoms with Crippen molar-refractivity contribution in [2.45, 2.75) is 0 Å². The van der Waals surface area contributed by atoms with Gasteiger partial charge in [-0.2, -0.15) is 0 Å². The summed E-state index contributed by atoms with van der Waals surface area (Å²) >= 11 is 0. The van der Waals surface area contributed by atoms with Crippen LogP contribution in [0.5, 0.6) is 0 Å². The van der Waals surface area contributed by atoms with Crippen LogP contribution in [0.15, 0.2) is 17.1 Å². The van der Waals surface area contributed by atoms with Gasteiger partial charge in [0, 0.05) is 6.08 Å². The molecule has 1 heterocycles. The average Bonchev–Trinajstić information content (AvgIpc) is 1.86. The molecule has 2 nitrogen and oxygen atoms in total. The minimum atomic E-state index is -0.213. The molecule has 0 atom stereocenters. The largest absolute Gasteiger partial charge is 0.270 e. The SMILES string of the molecule is O=C1C=C[C]=N1. The van der Waals surface area contributed by atoms with Gasteiger partial charge in [0.1, 0.15) is 0 Å². The highest BCUT2D eigenvalue weighted by Crippen LogP contribution is 1.83. The summed E-state index contributed by atoms with van der Waals surface area (Å²) in [5, 5.41) is 0. The second-order valence-corrected chi connectivity index (χ2v) is 0.912. The molecule has 2 heteroatoms. The molecule has 1 rings (SSSR count). The van der Waals surface area contributed by atoms with E-state index in [1.54, 1.807) is 0 Å². The minimum Gasteiger partial charge on any atom is -0.267 e. The molecule has 0 aromatic heterocycles. The summed E-state index contributed by atoms with van der Waals surface area (Å²) in [5.74, 6) is -0.213. The molecule has 0 fully saturated rings. The van der Waals surface area contributed by atoms with E-state index in [9.17, 15) is 4.79 Å². The summed E-state index contributed by atoms with van der Waals surface area (Å²) < 4.78 is 0. The van der Waals surface area contributed by atoms with E-state index >= 15 is 0 Å². The molecule has 0 aromatic rings. The van der Waals surface area contributed by atoms with Gasteiger partial charge in [-0.15, -0.1) is 0 Å². The Morgan fingerprint density at radius 2 is 2.67 bits per heavy atom. The molecule has 0 aliphatic carbocycles. The van der Waals surface area contributed by atoms with Crippen molar-refractivity contribution in [3.05, 3.63) is 12.2 Å². The number of nitrogens with zero attached hydrogens (tertiary/aromatic N) is 1. The molecule has 1 amide bonds. The van der Waals surface area contributed by atoms with Crippen LogP contribution in [0, 0.1) is 0 Å². The van der Waals surface area contributed by atoms with Crippen LogP contribution in [0.1, 0.15) is 0 Å². The van der Waals surface area contributed by atoms with Crippen LogP contribution in [0.2, 0.25) is 0 Å². The second-order valence-electron chi connectivity index (χ2n) is 0.912. The number of carbonyl (C=O) groups excluding carboxylic acids is 1. The molecule has 1 radical (unpaired) electrons. The highest BCUT2D eigenvalue weighted by molar-refractivity contribution is 6.03. The van der Waals surface area contributed by atoms with Gasteiger partial charge in [0.25, 0.3) is 5.91 Å². The maximum Gasteiger partial charge on any atom is 0.270 e. The normalized spacial score (nSPS) is 17.0. The summed E-state index contributed by atoms with van der Waals surface area (Å²) in [4.78, 5) is 13.2. The zero-order chi connectivity index (χ0) is 4.41. The first kappa shape index (κ1) is 3.28. The summed E-state index contributed by atoms with van der Waals surface area (Å²) in [6.07, 6.45) is 5.22. The molecular weight excluding hydrogens is 78.0 g/mol. The zero-order valence-electron chi connectivity index (χ0n) is 3.01. The van der Waals surface area contributed by atoms with Crippen molar-refractivity contribution in [3.8, 4) is 0 Å². The molecule has 0 N–H and O–H groups in total. The van der Waals surface area contributed by atoms with Crippen molar-refractivity contribution in [1.29, 1.82) is 0 Å². The summed E-state index contributed by atoms with van der Waals surface area (Å²) in [6, 6.07) is 0. The molecule has 29 valence electrons. The van der Waals surface area contributed by atoms with Crippen LogP contribution in [-0.2, 0) is 4.79 Å². The predicted octanol–water partition coefficient (Wildman–Crippen LogP) is 0.0306. The van der Waals surface area contributed by atoms with Gasteiger partial charge in [-0.05, 0) is 6.08 Å². The average molecular weight is 80.1 g/mol. The third-order valence-electron chi connectivity index (χ3n) is 0.475. The van der Waals surface area contributed by atoms with E-state index < -0.39 is 0 Å². The third kappa shape index (κ3) is 0.360. The first-order valence-electron chi connectivity index (χ1n) is 1.56. The van der Waals surface area contributed by atoms with Gasteiger partial charge in [0.15, 0.2) is 0 Å². The van der Waals surface area contributed by atoms with Gasteiger partial charge >= 0.3 is 0 Å². The van der Waals surface area contributed by atoms with E-state index in [1.807, 2.05) is 0 Å². The minimum absolute atomic E-state index is 0.213. The Labute approximate surface area is 35.2 Å². The molecule has 1 aliphatic heterocycles. The van der Waals surface area contributed by atoms with Crippen LogP contribution >= 0.6 is 0 Å². The zero-order valence-corrected chi connectivity index (χ0v) is 3.01. The van der Waals surface area contributed by atoms with Crippen molar-refractivity contribution < 1.29 is 4.79 Å². The molecule has 6 heavy (non-hydrogen) atoms. The number of hydrogen-bond acceptors (Lipinski definition) is 1. The third-order valence-corrected chi connectivity index (χ3v) is 0.475. The summed E-state index contributed by atoms with van der Waals surface area (Å²) in [7, 11) is 0. The van der Waals surface area contributed by atoms with Crippen molar-refractivity contribution in [2.24, 2.45) is 4.99 Å². The van der Waals surface area contributed by atoms with Gasteiger partial charge in [-0.1, -0.05) is 0 Å². The molecule has 0 unspecified atom stereocenters. The first-order valence-corrected chi connectivity index (χ1v) is 1.56. The number of hydrogen-bond donors (Lipinski definition) is 0. The Bertz CT molecular complexity index is 110. The van der Waals surface area contributed by atoms with E-state index in [-0.39, 0.29) is 5.91 Å². The van der Waals surface area contributed by atoms with Crippen LogP contribution < -0.4 is 0 Å². The number of amides is 1. The molecule has 0 bridgehead atoms. The lowest BCUT2D eigenvalue weighted by atomic mass is 10.6. The lowest BCUT2D eigenvalue weighted by molar-refractivity contribution is -0.113. The van der Waals surface area contributed by atoms with Gasteiger partial charge in [0.05, 0.1) is 6.21 Å². The molecule has 0 spiro atoms. The Kier molecular flexibility index (Phi) is 0.572. The van der Waals surface area contributed by atoms with E-state index in [2.05, 4.69) is 11.2 Å². The van der Waals surface area contributed by atoms with Crippen LogP contribution in [0.25, 0.3) is 0 Å². The lowest BCUT2D eigenvalue weighted by Gasteiger charge is -1.62. The smallest absolute Gasteiger partial charge is 0.267 e. The quantitative estimate of drug-likeness (QED) is 0.403. The van der Waals surface area contributed by atoms with Gasteiger partial charge in [0.2, 0.25) is 0 Å². The first-order chi connectivity index (χ1) is 2.89. The maximum atomic E-state index is 9.93. The fourth-order valence-electron chi connectivity index (χ4n) is 0.247. The number of rotatable bonds is 0. The monoisotopic (exact) mass is 80.0 g/mol. The molecule has 0 saturated heterocycles. The van der Waals surface area contributed by atoms with Crippen molar-refractivity contribution in [3.63, 3.8) is 0 Å². The number of carbonyl (C=O) groups is 1. The maximum absolute atomic E-state index is 9.93. The van der Waals surface area contributed by atoms with E-state index in [0.717, 1.165) is 0 Å².